The molecule has 2 aromatic rings. The van der Waals surface area contributed by atoms with Crippen molar-refractivity contribution in [1.82, 2.24) is 10.3 Å². The Bertz CT molecular complexity index is 904. The van der Waals surface area contributed by atoms with Crippen molar-refractivity contribution in [2.24, 2.45) is 5.92 Å². The van der Waals surface area contributed by atoms with Crippen LogP contribution in [0.25, 0.3) is 11.1 Å². The summed E-state index contributed by atoms with van der Waals surface area (Å²) in [6.45, 7) is 7.18. The molecule has 1 aliphatic carbocycles. The standard InChI is InChI=1S/C27H38N4O2/c1-4-6-14-32-23(5-2)18-30-25-16-24(22-11-9-21(17-28)10-12-22)27(31-26(25)19-29-3)33-15-13-20-7-8-20/h9-12,16,20,23,29-30H,4-8,13-15,18-19H2,1-3H3. The summed E-state index contributed by atoms with van der Waals surface area (Å²) in [6.07, 6.45) is 7.03. The molecule has 1 fully saturated rings. The van der Waals surface area contributed by atoms with Crippen molar-refractivity contribution >= 4 is 5.69 Å². The number of aromatic nitrogens is 1. The van der Waals surface area contributed by atoms with Gasteiger partial charge >= 0.3 is 0 Å². The van der Waals surface area contributed by atoms with Crippen LogP contribution < -0.4 is 15.4 Å². The molecule has 0 aliphatic heterocycles. The van der Waals surface area contributed by atoms with Gasteiger partial charge in [0.15, 0.2) is 0 Å². The predicted octanol–water partition coefficient (Wildman–Crippen LogP) is 5.53. The van der Waals surface area contributed by atoms with Gasteiger partial charge in [-0.05, 0) is 56.0 Å². The van der Waals surface area contributed by atoms with E-state index in [9.17, 15) is 5.26 Å². The SMILES string of the molecule is CCCCOC(CC)CNc1cc(-c2ccc(C#N)cc2)c(OCCC2CC2)nc1CNC. The predicted molar refractivity (Wildman–Crippen MR) is 133 cm³/mol. The maximum absolute atomic E-state index is 9.17. The highest BCUT2D eigenvalue weighted by molar-refractivity contribution is 5.74. The van der Waals surface area contributed by atoms with Gasteiger partial charge in [0.2, 0.25) is 5.88 Å². The number of ether oxygens (including phenoxy) is 2. The zero-order valence-electron chi connectivity index (χ0n) is 20.3. The van der Waals surface area contributed by atoms with Gasteiger partial charge in [-0.2, -0.15) is 5.26 Å². The molecule has 1 saturated carbocycles. The Morgan fingerprint density at radius 2 is 1.97 bits per heavy atom. The molecule has 1 aromatic carbocycles. The van der Waals surface area contributed by atoms with Gasteiger partial charge in [0.1, 0.15) is 0 Å². The van der Waals surface area contributed by atoms with Crippen molar-refractivity contribution in [2.75, 3.05) is 32.1 Å². The molecule has 1 aliphatic rings. The molecule has 1 heterocycles. The van der Waals surface area contributed by atoms with Gasteiger partial charge in [-0.3, -0.25) is 0 Å². The van der Waals surface area contributed by atoms with Crippen LogP contribution in [0.15, 0.2) is 30.3 Å². The number of nitrogens with zero attached hydrogens (tertiary/aromatic N) is 2. The normalized spacial score (nSPS) is 14.0. The summed E-state index contributed by atoms with van der Waals surface area (Å²) >= 11 is 0. The fourth-order valence-electron chi connectivity index (χ4n) is 3.70. The van der Waals surface area contributed by atoms with Crippen LogP contribution in [-0.2, 0) is 11.3 Å². The number of nitrogens with one attached hydrogen (secondary N) is 2. The van der Waals surface area contributed by atoms with Gasteiger partial charge in [-0.15, -0.1) is 0 Å². The lowest BCUT2D eigenvalue weighted by Crippen LogP contribution is -2.24. The van der Waals surface area contributed by atoms with Gasteiger partial charge in [0, 0.05) is 25.3 Å². The van der Waals surface area contributed by atoms with E-state index in [1.165, 1.54) is 12.8 Å². The average Bonchev–Trinajstić information content (AvgIpc) is 3.67. The van der Waals surface area contributed by atoms with E-state index in [0.29, 0.717) is 24.6 Å². The third-order valence-electron chi connectivity index (χ3n) is 6.02. The van der Waals surface area contributed by atoms with Crippen LogP contribution in [0.3, 0.4) is 0 Å². The van der Waals surface area contributed by atoms with Crippen molar-refractivity contribution in [1.29, 1.82) is 5.26 Å². The van der Waals surface area contributed by atoms with Crippen LogP contribution in [0.1, 0.15) is 63.6 Å². The summed E-state index contributed by atoms with van der Waals surface area (Å²) < 4.78 is 12.2. The molecular weight excluding hydrogens is 412 g/mol. The van der Waals surface area contributed by atoms with Gasteiger partial charge < -0.3 is 20.1 Å². The van der Waals surface area contributed by atoms with E-state index >= 15 is 0 Å². The summed E-state index contributed by atoms with van der Waals surface area (Å²) in [7, 11) is 1.93. The molecule has 1 atom stereocenters. The van der Waals surface area contributed by atoms with Crippen molar-refractivity contribution in [2.45, 2.75) is 65.0 Å². The van der Waals surface area contributed by atoms with Crippen LogP contribution in [0.4, 0.5) is 5.69 Å². The second-order valence-corrected chi connectivity index (χ2v) is 8.77. The van der Waals surface area contributed by atoms with Crippen LogP contribution >= 0.6 is 0 Å². The number of hydrogen-bond donors (Lipinski definition) is 2. The Kier molecular flexibility index (Phi) is 9.99. The second kappa shape index (κ2) is 13.2. The minimum atomic E-state index is 0.159. The zero-order valence-corrected chi connectivity index (χ0v) is 20.3. The number of anilines is 1. The minimum Gasteiger partial charge on any atom is -0.477 e. The third-order valence-corrected chi connectivity index (χ3v) is 6.02. The maximum Gasteiger partial charge on any atom is 0.221 e. The topological polar surface area (TPSA) is 79.2 Å². The lowest BCUT2D eigenvalue weighted by molar-refractivity contribution is 0.0576. The molecule has 1 aromatic heterocycles. The number of nitriles is 1. The second-order valence-electron chi connectivity index (χ2n) is 8.77. The van der Waals surface area contributed by atoms with Crippen LogP contribution in [0.2, 0.25) is 0 Å². The van der Waals surface area contributed by atoms with E-state index < -0.39 is 0 Å². The first-order chi connectivity index (χ1) is 16.2. The zero-order chi connectivity index (χ0) is 23.5. The number of hydrogen-bond acceptors (Lipinski definition) is 6. The van der Waals surface area contributed by atoms with Crippen molar-refractivity contribution in [3.8, 4) is 23.1 Å². The number of benzene rings is 1. The number of rotatable bonds is 15. The van der Waals surface area contributed by atoms with E-state index in [0.717, 1.165) is 67.3 Å². The van der Waals surface area contributed by atoms with Crippen molar-refractivity contribution in [3.63, 3.8) is 0 Å². The molecule has 3 rings (SSSR count). The van der Waals surface area contributed by atoms with Gasteiger partial charge in [-0.1, -0.05) is 45.2 Å². The number of pyridine rings is 1. The van der Waals surface area contributed by atoms with Crippen LogP contribution in [0, 0.1) is 17.2 Å². The fourth-order valence-corrected chi connectivity index (χ4v) is 3.70. The van der Waals surface area contributed by atoms with Crippen LogP contribution in [-0.4, -0.2) is 37.9 Å². The third kappa shape index (κ3) is 7.73. The average molecular weight is 451 g/mol. The van der Waals surface area contributed by atoms with Gasteiger partial charge in [-0.25, -0.2) is 4.98 Å². The fraction of sp³-hybridized carbons (Fsp3) is 0.556. The van der Waals surface area contributed by atoms with E-state index in [-0.39, 0.29) is 6.10 Å². The van der Waals surface area contributed by atoms with E-state index in [4.69, 9.17) is 14.5 Å². The Balaban J connectivity index is 1.85. The van der Waals surface area contributed by atoms with Gasteiger partial charge in [0.25, 0.3) is 0 Å². The molecule has 33 heavy (non-hydrogen) atoms. The lowest BCUT2D eigenvalue weighted by atomic mass is 10.0. The molecule has 0 spiro atoms. The first-order valence-corrected chi connectivity index (χ1v) is 12.4. The highest BCUT2D eigenvalue weighted by atomic mass is 16.5. The molecule has 178 valence electrons. The van der Waals surface area contributed by atoms with Crippen LogP contribution in [0.5, 0.6) is 5.88 Å². The quantitative estimate of drug-likeness (QED) is 0.348. The molecule has 0 bridgehead atoms. The molecule has 6 heteroatoms. The van der Waals surface area contributed by atoms with Crippen molar-refractivity contribution < 1.29 is 9.47 Å². The molecule has 2 N–H and O–H groups in total. The van der Waals surface area contributed by atoms with E-state index in [1.54, 1.807) is 0 Å². The van der Waals surface area contributed by atoms with E-state index in [2.05, 4.69) is 36.6 Å². The highest BCUT2D eigenvalue weighted by Crippen LogP contribution is 2.35. The summed E-state index contributed by atoms with van der Waals surface area (Å²) in [6, 6.07) is 11.9. The largest absolute Gasteiger partial charge is 0.477 e. The smallest absolute Gasteiger partial charge is 0.221 e. The Morgan fingerprint density at radius 3 is 2.61 bits per heavy atom. The van der Waals surface area contributed by atoms with E-state index in [1.807, 2.05) is 31.3 Å². The Hall–Kier alpha value is -2.62. The molecule has 1 unspecified atom stereocenters. The van der Waals surface area contributed by atoms with Crippen molar-refractivity contribution in [3.05, 3.63) is 41.6 Å². The minimum absolute atomic E-state index is 0.159. The lowest BCUT2D eigenvalue weighted by Gasteiger charge is -2.21. The molecule has 0 radical (unpaired) electrons. The molecule has 0 amide bonds. The first kappa shape index (κ1) is 25.0. The summed E-state index contributed by atoms with van der Waals surface area (Å²) in [4.78, 5) is 4.92. The molecule has 0 saturated heterocycles. The first-order valence-electron chi connectivity index (χ1n) is 12.4. The summed E-state index contributed by atoms with van der Waals surface area (Å²) in [5, 5.41) is 16.0. The Labute approximate surface area is 198 Å². The number of unbranched alkanes of at least 4 members (excludes halogenated alkanes) is 1. The highest BCUT2D eigenvalue weighted by Gasteiger charge is 2.22. The summed E-state index contributed by atoms with van der Waals surface area (Å²) in [5.74, 6) is 1.46. The Morgan fingerprint density at radius 1 is 1.18 bits per heavy atom. The molecular formula is C27H38N4O2. The maximum atomic E-state index is 9.17. The van der Waals surface area contributed by atoms with Gasteiger partial charge in [0.05, 0.1) is 35.7 Å². The molecule has 6 nitrogen and oxygen atoms in total. The monoisotopic (exact) mass is 450 g/mol. The summed E-state index contributed by atoms with van der Waals surface area (Å²) in [5.41, 5.74) is 4.49.